The van der Waals surface area contributed by atoms with Crippen molar-refractivity contribution in [1.82, 2.24) is 15.5 Å². The van der Waals surface area contributed by atoms with Gasteiger partial charge in [-0.25, -0.2) is 4.79 Å². The van der Waals surface area contributed by atoms with Crippen molar-refractivity contribution in [3.05, 3.63) is 23.2 Å². The molecule has 1 saturated heterocycles. The van der Waals surface area contributed by atoms with E-state index in [-0.39, 0.29) is 12.6 Å². The van der Waals surface area contributed by atoms with Crippen LogP contribution >= 0.6 is 0 Å². The number of carbonyl (C=O) groups excluding carboxylic acids is 1. The van der Waals surface area contributed by atoms with Crippen molar-refractivity contribution in [2.45, 2.75) is 32.1 Å². The number of carbonyl (C=O) groups is 1. The number of esters is 1. The number of alkyl halides is 3. The number of furan rings is 1. The van der Waals surface area contributed by atoms with Crippen molar-refractivity contribution in [2.24, 2.45) is 4.99 Å². The summed E-state index contributed by atoms with van der Waals surface area (Å²) in [6.07, 6.45) is -3.59. The molecule has 1 atom stereocenters. The molecule has 2 N–H and O–H groups in total. The molecular weight excluding hydrogens is 353 g/mol. The van der Waals surface area contributed by atoms with E-state index >= 15 is 0 Å². The number of methoxy groups -OCH3 is 1. The summed E-state index contributed by atoms with van der Waals surface area (Å²) in [4.78, 5) is 17.0. The van der Waals surface area contributed by atoms with Gasteiger partial charge in [0.25, 0.3) is 0 Å². The van der Waals surface area contributed by atoms with Crippen molar-refractivity contribution >= 4 is 11.9 Å². The van der Waals surface area contributed by atoms with Gasteiger partial charge in [0.15, 0.2) is 5.96 Å². The van der Waals surface area contributed by atoms with E-state index < -0.39 is 18.7 Å². The van der Waals surface area contributed by atoms with Crippen LogP contribution in [0.3, 0.4) is 0 Å². The molecule has 0 aromatic carbocycles. The summed E-state index contributed by atoms with van der Waals surface area (Å²) in [6.45, 7) is 1.72. The van der Waals surface area contributed by atoms with Crippen LogP contribution in [0.4, 0.5) is 13.2 Å². The third kappa shape index (κ3) is 5.65. The average molecular weight is 376 g/mol. The number of halogens is 3. The van der Waals surface area contributed by atoms with Crippen LogP contribution in [-0.4, -0.2) is 62.8 Å². The minimum atomic E-state index is -4.19. The summed E-state index contributed by atoms with van der Waals surface area (Å²) in [5.74, 6) is 0.958. The molecule has 1 aliphatic heterocycles. The molecule has 7 nitrogen and oxygen atoms in total. The van der Waals surface area contributed by atoms with E-state index in [4.69, 9.17) is 4.42 Å². The Kier molecular flexibility index (Phi) is 6.52. The van der Waals surface area contributed by atoms with Crippen LogP contribution in [0.15, 0.2) is 15.5 Å². The van der Waals surface area contributed by atoms with Crippen LogP contribution in [0.25, 0.3) is 0 Å². The fourth-order valence-electron chi connectivity index (χ4n) is 2.85. The van der Waals surface area contributed by atoms with Crippen LogP contribution < -0.4 is 10.6 Å². The zero-order valence-corrected chi connectivity index (χ0v) is 14.9. The third-order valence-electron chi connectivity index (χ3n) is 4.04. The molecule has 0 radical (unpaired) electrons. The van der Waals surface area contributed by atoms with Crippen LogP contribution in [0.2, 0.25) is 0 Å². The molecule has 1 unspecified atom stereocenters. The Morgan fingerprint density at radius 3 is 2.85 bits per heavy atom. The molecule has 2 heterocycles. The normalized spacial score (nSPS) is 18.8. The van der Waals surface area contributed by atoms with Gasteiger partial charge in [0.1, 0.15) is 17.1 Å². The molecule has 0 aliphatic carbocycles. The lowest BCUT2D eigenvalue weighted by atomic mass is 10.2. The van der Waals surface area contributed by atoms with Gasteiger partial charge in [0.2, 0.25) is 0 Å². The molecule has 2 rings (SSSR count). The van der Waals surface area contributed by atoms with E-state index in [2.05, 4.69) is 20.4 Å². The molecule has 26 heavy (non-hydrogen) atoms. The van der Waals surface area contributed by atoms with Gasteiger partial charge in [0.05, 0.1) is 20.2 Å². The van der Waals surface area contributed by atoms with Crippen LogP contribution in [0.5, 0.6) is 0 Å². The molecule has 1 aromatic heterocycles. The molecule has 0 bridgehead atoms. The Bertz CT molecular complexity index is 658. The number of aryl methyl sites for hydroxylation is 1. The van der Waals surface area contributed by atoms with E-state index in [0.29, 0.717) is 42.6 Å². The highest BCUT2D eigenvalue weighted by Crippen LogP contribution is 2.20. The maximum atomic E-state index is 12.4. The fraction of sp³-hybridized carbons (Fsp3) is 0.625. The van der Waals surface area contributed by atoms with Gasteiger partial charge >= 0.3 is 12.1 Å². The Morgan fingerprint density at radius 1 is 1.50 bits per heavy atom. The van der Waals surface area contributed by atoms with Crippen LogP contribution in [-0.2, 0) is 11.3 Å². The third-order valence-corrected chi connectivity index (χ3v) is 4.04. The fourth-order valence-corrected chi connectivity index (χ4v) is 2.85. The number of rotatable bonds is 5. The summed E-state index contributed by atoms with van der Waals surface area (Å²) in [5, 5.41) is 6.13. The Balaban J connectivity index is 1.84. The molecule has 1 fully saturated rings. The molecule has 0 saturated carbocycles. The van der Waals surface area contributed by atoms with Crippen molar-refractivity contribution in [1.29, 1.82) is 0 Å². The van der Waals surface area contributed by atoms with Gasteiger partial charge in [-0.1, -0.05) is 0 Å². The summed E-state index contributed by atoms with van der Waals surface area (Å²) >= 11 is 0. The number of hydrogen-bond donors (Lipinski definition) is 2. The highest BCUT2D eigenvalue weighted by Gasteiger charge is 2.34. The molecule has 0 amide bonds. The van der Waals surface area contributed by atoms with Crippen LogP contribution in [0, 0.1) is 6.92 Å². The molecule has 1 aromatic rings. The Morgan fingerprint density at radius 2 is 2.23 bits per heavy atom. The maximum absolute atomic E-state index is 12.4. The Labute approximate surface area is 149 Å². The Hall–Kier alpha value is -2.23. The van der Waals surface area contributed by atoms with Crippen molar-refractivity contribution in [2.75, 3.05) is 33.8 Å². The van der Waals surface area contributed by atoms with E-state index in [1.807, 2.05) is 0 Å². The maximum Gasteiger partial charge on any atom is 0.401 e. The number of likely N-dealkylation sites (tertiary alicyclic amines) is 1. The summed E-state index contributed by atoms with van der Waals surface area (Å²) in [5.41, 5.74) is 0.353. The highest BCUT2D eigenvalue weighted by molar-refractivity contribution is 5.90. The molecular formula is C16H23F3N4O3. The quantitative estimate of drug-likeness (QED) is 0.462. The smallest absolute Gasteiger partial charge is 0.401 e. The first-order valence-corrected chi connectivity index (χ1v) is 8.15. The largest absolute Gasteiger partial charge is 0.465 e. The number of nitrogens with zero attached hydrogens (tertiary/aromatic N) is 2. The van der Waals surface area contributed by atoms with E-state index in [0.717, 1.165) is 0 Å². The van der Waals surface area contributed by atoms with Gasteiger partial charge in [-0.05, 0) is 19.4 Å². The lowest BCUT2D eigenvalue weighted by Crippen LogP contribution is -2.44. The van der Waals surface area contributed by atoms with Gasteiger partial charge in [-0.3, -0.25) is 9.89 Å². The van der Waals surface area contributed by atoms with E-state index in [1.54, 1.807) is 20.0 Å². The first kappa shape index (κ1) is 20.1. The monoisotopic (exact) mass is 376 g/mol. The van der Waals surface area contributed by atoms with Crippen molar-refractivity contribution in [3.8, 4) is 0 Å². The van der Waals surface area contributed by atoms with Gasteiger partial charge < -0.3 is 19.8 Å². The summed E-state index contributed by atoms with van der Waals surface area (Å²) < 4.78 is 47.5. The first-order chi connectivity index (χ1) is 12.2. The molecule has 146 valence electrons. The number of aliphatic imine (C=N–C) groups is 1. The van der Waals surface area contributed by atoms with Gasteiger partial charge in [0, 0.05) is 26.2 Å². The van der Waals surface area contributed by atoms with Gasteiger partial charge in [-0.15, -0.1) is 0 Å². The topological polar surface area (TPSA) is 79.1 Å². The van der Waals surface area contributed by atoms with Gasteiger partial charge in [-0.2, -0.15) is 13.2 Å². The average Bonchev–Trinajstić information content (AvgIpc) is 3.15. The van der Waals surface area contributed by atoms with Crippen molar-refractivity contribution < 1.29 is 27.1 Å². The first-order valence-electron chi connectivity index (χ1n) is 8.15. The molecule has 0 spiro atoms. The second kappa shape index (κ2) is 8.43. The van der Waals surface area contributed by atoms with E-state index in [1.165, 1.54) is 12.0 Å². The number of hydrogen-bond acceptors (Lipinski definition) is 5. The zero-order chi connectivity index (χ0) is 19.3. The predicted octanol–water partition coefficient (Wildman–Crippen LogP) is 1.68. The highest BCUT2D eigenvalue weighted by atomic mass is 19.4. The minimum absolute atomic E-state index is 0.118. The van der Waals surface area contributed by atoms with Crippen LogP contribution in [0.1, 0.15) is 28.3 Å². The van der Waals surface area contributed by atoms with Crippen molar-refractivity contribution in [3.63, 3.8) is 0 Å². The predicted molar refractivity (Wildman–Crippen MR) is 89.0 cm³/mol. The second-order valence-corrected chi connectivity index (χ2v) is 6.08. The zero-order valence-electron chi connectivity index (χ0n) is 14.9. The summed E-state index contributed by atoms with van der Waals surface area (Å²) in [6, 6.07) is 1.47. The SMILES string of the molecule is CN=C(NCc1cc(C(=O)OC)c(C)o1)NC1CCN(CC(F)(F)F)C1. The standard InChI is InChI=1S/C16H23F3N4O3/c1-10-13(14(24)25-3)6-12(26-10)7-21-15(20-2)22-11-4-5-23(8-11)9-16(17,18)19/h6,11H,4-5,7-9H2,1-3H3,(H2,20,21,22). The minimum Gasteiger partial charge on any atom is -0.465 e. The lowest BCUT2D eigenvalue weighted by molar-refractivity contribution is -0.143. The summed E-state index contributed by atoms with van der Waals surface area (Å²) in [7, 11) is 2.87. The number of nitrogens with one attached hydrogen (secondary N) is 2. The van der Waals surface area contributed by atoms with E-state index in [9.17, 15) is 18.0 Å². The molecule has 1 aliphatic rings. The number of ether oxygens (including phenoxy) is 1. The molecule has 10 heteroatoms. The number of guanidine groups is 1. The lowest BCUT2D eigenvalue weighted by Gasteiger charge is -2.19. The second-order valence-electron chi connectivity index (χ2n) is 6.08.